The number of rotatable bonds is 17. The van der Waals surface area contributed by atoms with Gasteiger partial charge in [0, 0.05) is 26.1 Å². The summed E-state index contributed by atoms with van der Waals surface area (Å²) in [5.41, 5.74) is 0.872. The van der Waals surface area contributed by atoms with Crippen LogP contribution in [0.1, 0.15) is 57.1 Å². The molecule has 0 unspecified atom stereocenters. The van der Waals surface area contributed by atoms with Crippen LogP contribution in [-0.2, 0) is 35.3 Å². The second-order valence-electron chi connectivity index (χ2n) is 13.5. The van der Waals surface area contributed by atoms with Gasteiger partial charge >= 0.3 is 5.97 Å². The van der Waals surface area contributed by atoms with E-state index in [-0.39, 0.29) is 50.5 Å². The van der Waals surface area contributed by atoms with Crippen molar-refractivity contribution in [1.82, 2.24) is 30.1 Å². The first-order chi connectivity index (χ1) is 24.7. The summed E-state index contributed by atoms with van der Waals surface area (Å²) in [6.45, 7) is 9.71. The lowest BCUT2D eigenvalue weighted by Crippen LogP contribution is -2.56. The van der Waals surface area contributed by atoms with Crippen molar-refractivity contribution < 1.29 is 33.8 Å². The van der Waals surface area contributed by atoms with Crippen LogP contribution < -0.4 is 5.32 Å². The Hall–Kier alpha value is -4.88. The molecule has 3 amide bonds. The van der Waals surface area contributed by atoms with Gasteiger partial charge < -0.3 is 29.7 Å². The Morgan fingerprint density at radius 3 is 2.65 bits per heavy atom. The summed E-state index contributed by atoms with van der Waals surface area (Å²) >= 11 is 0. The normalized spacial score (nSPS) is 24.6. The molecule has 7 atom stereocenters. The Bertz CT molecular complexity index is 1760. The number of para-hydroxylation sites is 1. The molecule has 2 aromatic carbocycles. The van der Waals surface area contributed by atoms with Crippen LogP contribution in [0, 0.1) is 11.8 Å². The number of esters is 1. The number of carbonyl (C=O) groups is 4. The van der Waals surface area contributed by atoms with Crippen molar-refractivity contribution in [2.45, 2.75) is 82.0 Å². The molecule has 6 rings (SSSR count). The highest BCUT2D eigenvalue weighted by Gasteiger charge is 2.75. The van der Waals surface area contributed by atoms with Crippen molar-refractivity contribution >= 4 is 34.7 Å². The molecule has 0 radical (unpaired) electrons. The Labute approximate surface area is 297 Å². The quantitative estimate of drug-likeness (QED) is 0.123. The van der Waals surface area contributed by atoms with Gasteiger partial charge in [0.2, 0.25) is 17.7 Å². The van der Waals surface area contributed by atoms with Gasteiger partial charge in [0.15, 0.2) is 0 Å². The maximum absolute atomic E-state index is 14.7. The number of aromatic nitrogens is 3. The lowest BCUT2D eigenvalue weighted by Gasteiger charge is -2.36. The van der Waals surface area contributed by atoms with Gasteiger partial charge in [-0.2, -0.15) is 0 Å². The maximum atomic E-state index is 14.7. The molecule has 3 aliphatic heterocycles. The van der Waals surface area contributed by atoms with E-state index in [0.717, 1.165) is 5.52 Å². The van der Waals surface area contributed by atoms with E-state index in [1.165, 1.54) is 4.90 Å². The minimum absolute atomic E-state index is 0.0609. The Morgan fingerprint density at radius 2 is 1.90 bits per heavy atom. The summed E-state index contributed by atoms with van der Waals surface area (Å²) in [6, 6.07) is 15.0. The molecule has 1 spiro atoms. The molecule has 3 saturated heterocycles. The smallest absolute Gasteiger partial charge is 0.313 e. The van der Waals surface area contributed by atoms with Crippen molar-refractivity contribution in [3.8, 4) is 0 Å². The molecule has 51 heavy (non-hydrogen) atoms. The van der Waals surface area contributed by atoms with Crippen LogP contribution in [-0.4, -0.2) is 97.1 Å². The molecule has 13 heteroatoms. The SMILES string of the molecule is C=CCCC(=O)N[C@H](C)[C@@H](OC(=O)[C@@H]1[C@H]2C(=O)N(CCCCO)[C@H](C(=O)N(CC=C)Cn3nnc4ccccc43)[C@]23CC[C@H]1O3)c1ccccc1. The van der Waals surface area contributed by atoms with Gasteiger partial charge in [0.05, 0.1) is 29.5 Å². The number of ether oxygens (including phenoxy) is 2. The first-order valence-electron chi connectivity index (χ1n) is 17.7. The highest BCUT2D eigenvalue weighted by Crippen LogP contribution is 2.59. The molecule has 3 aromatic rings. The van der Waals surface area contributed by atoms with Crippen LogP contribution >= 0.6 is 0 Å². The number of aliphatic hydroxyl groups is 1. The number of nitrogens with one attached hydrogen (secondary N) is 1. The Kier molecular flexibility index (Phi) is 11.0. The first-order valence-corrected chi connectivity index (χ1v) is 17.7. The molecule has 13 nitrogen and oxygen atoms in total. The van der Waals surface area contributed by atoms with Crippen molar-refractivity contribution in [2.24, 2.45) is 11.8 Å². The topological polar surface area (TPSA) is 156 Å². The lowest BCUT2D eigenvalue weighted by atomic mass is 9.70. The van der Waals surface area contributed by atoms with Crippen LogP contribution in [0.25, 0.3) is 11.0 Å². The van der Waals surface area contributed by atoms with E-state index in [1.54, 1.807) is 28.7 Å². The average molecular weight is 699 g/mol. The van der Waals surface area contributed by atoms with E-state index >= 15 is 0 Å². The summed E-state index contributed by atoms with van der Waals surface area (Å²) < 4.78 is 14.5. The van der Waals surface area contributed by atoms with E-state index in [4.69, 9.17) is 9.47 Å². The van der Waals surface area contributed by atoms with E-state index in [0.29, 0.717) is 43.2 Å². The molecule has 3 aliphatic rings. The first kappa shape index (κ1) is 35.9. The molecule has 0 aliphatic carbocycles. The molecule has 4 heterocycles. The van der Waals surface area contributed by atoms with Crippen LogP contribution in [0.15, 0.2) is 79.9 Å². The van der Waals surface area contributed by atoms with Crippen LogP contribution in [0.5, 0.6) is 0 Å². The lowest BCUT2D eigenvalue weighted by molar-refractivity contribution is -0.162. The van der Waals surface area contributed by atoms with Crippen molar-refractivity contribution in [1.29, 1.82) is 0 Å². The van der Waals surface area contributed by atoms with Gasteiger partial charge in [-0.25, -0.2) is 4.68 Å². The number of amides is 3. The fraction of sp³-hybridized carbons (Fsp3) is 0.474. The van der Waals surface area contributed by atoms with Crippen LogP contribution in [0.3, 0.4) is 0 Å². The third kappa shape index (κ3) is 6.92. The van der Waals surface area contributed by atoms with E-state index < -0.39 is 47.7 Å². The standard InChI is InChI=1S/C38H46N6O7/c1-4-6-18-30(46)39-25(3)33(26-14-8-7-9-15-26)50-37(49)31-29-19-20-38(51-29)32(31)35(47)43(22-12-13-23-45)34(38)36(48)42(21-5-2)24-44-28-17-11-10-16-27(28)40-41-44/h4-5,7-11,14-17,25,29,31-34,45H,1-2,6,12-13,18-24H2,3H3,(H,39,46)/t25-,29-,31+,32+,33-,34-,38+/m1/s1. The van der Waals surface area contributed by atoms with Crippen molar-refractivity contribution in [2.75, 3.05) is 19.7 Å². The van der Waals surface area contributed by atoms with Gasteiger partial charge in [-0.1, -0.05) is 59.8 Å². The minimum atomic E-state index is -1.25. The average Bonchev–Trinajstić information content (AvgIpc) is 3.89. The molecular formula is C38H46N6O7. The summed E-state index contributed by atoms with van der Waals surface area (Å²) in [5, 5.41) is 21.0. The zero-order valence-electron chi connectivity index (χ0n) is 28.9. The summed E-state index contributed by atoms with van der Waals surface area (Å²) in [6.07, 6.45) is 4.37. The zero-order valence-corrected chi connectivity index (χ0v) is 28.9. The minimum Gasteiger partial charge on any atom is -0.455 e. The molecule has 2 N–H and O–H groups in total. The number of hydrogen-bond donors (Lipinski definition) is 2. The third-order valence-electron chi connectivity index (χ3n) is 10.3. The van der Waals surface area contributed by atoms with E-state index in [2.05, 4.69) is 28.8 Å². The summed E-state index contributed by atoms with van der Waals surface area (Å²) in [7, 11) is 0. The number of benzene rings is 2. The summed E-state index contributed by atoms with van der Waals surface area (Å²) in [5.74, 6) is -3.40. The van der Waals surface area contributed by atoms with Gasteiger partial charge in [0.1, 0.15) is 29.9 Å². The zero-order chi connectivity index (χ0) is 36.1. The predicted molar refractivity (Wildman–Crippen MR) is 187 cm³/mol. The van der Waals surface area contributed by atoms with Crippen molar-refractivity contribution in [3.63, 3.8) is 0 Å². The van der Waals surface area contributed by atoms with Gasteiger partial charge in [0.25, 0.3) is 0 Å². The molecular weight excluding hydrogens is 652 g/mol. The van der Waals surface area contributed by atoms with Crippen LogP contribution in [0.2, 0.25) is 0 Å². The maximum Gasteiger partial charge on any atom is 0.313 e. The van der Waals surface area contributed by atoms with Gasteiger partial charge in [-0.15, -0.1) is 18.3 Å². The number of carbonyl (C=O) groups excluding carboxylic acids is 4. The highest BCUT2D eigenvalue weighted by molar-refractivity contribution is 5.98. The highest BCUT2D eigenvalue weighted by atomic mass is 16.6. The second kappa shape index (κ2) is 15.6. The number of unbranched alkanes of at least 4 members (excludes halogenated alkanes) is 1. The monoisotopic (exact) mass is 698 g/mol. The number of likely N-dealkylation sites (tertiary alicyclic amines) is 1. The van der Waals surface area contributed by atoms with E-state index in [1.807, 2.05) is 54.6 Å². The van der Waals surface area contributed by atoms with Gasteiger partial charge in [-0.3, -0.25) is 19.2 Å². The number of nitrogens with zero attached hydrogens (tertiary/aromatic N) is 5. The molecule has 1 aromatic heterocycles. The number of allylic oxidation sites excluding steroid dienone is 1. The third-order valence-corrected chi connectivity index (χ3v) is 10.3. The molecule has 3 fully saturated rings. The molecule has 2 bridgehead atoms. The van der Waals surface area contributed by atoms with E-state index in [9.17, 15) is 24.3 Å². The Balaban J connectivity index is 1.30. The van der Waals surface area contributed by atoms with Crippen LogP contribution in [0.4, 0.5) is 0 Å². The second-order valence-corrected chi connectivity index (χ2v) is 13.5. The Morgan fingerprint density at radius 1 is 1.14 bits per heavy atom. The number of aliphatic hydroxyl groups excluding tert-OH is 1. The fourth-order valence-corrected chi connectivity index (χ4v) is 8.00. The number of hydrogen-bond acceptors (Lipinski definition) is 9. The predicted octanol–water partition coefficient (Wildman–Crippen LogP) is 3.31. The number of fused-ring (bicyclic) bond motifs is 2. The molecule has 270 valence electrons. The largest absolute Gasteiger partial charge is 0.455 e. The van der Waals surface area contributed by atoms with Gasteiger partial charge in [-0.05, 0) is 56.7 Å². The van der Waals surface area contributed by atoms with Crippen molar-refractivity contribution in [3.05, 3.63) is 85.5 Å². The fourth-order valence-electron chi connectivity index (χ4n) is 8.00. The summed E-state index contributed by atoms with van der Waals surface area (Å²) in [4.78, 5) is 59.3. The molecule has 0 saturated carbocycles.